The number of hydrogen-bond acceptors (Lipinski definition) is 3. The molecule has 4 nitrogen and oxygen atoms in total. The Hall–Kier alpha value is -2.80. The summed E-state index contributed by atoms with van der Waals surface area (Å²) in [7, 11) is 1.64. The fourth-order valence-electron chi connectivity index (χ4n) is 1.99. The monoisotopic (exact) mass is 249 g/mol. The molecule has 0 amide bonds. The number of aromatic nitrogens is 3. The number of methoxy groups -OCH3 is 1. The number of pyridine rings is 1. The molecule has 0 saturated carbocycles. The Morgan fingerprint density at radius 2 is 1.95 bits per heavy atom. The number of terminal acetylenes is 1. The van der Waals surface area contributed by atoms with Crippen LogP contribution in [0.25, 0.3) is 16.6 Å². The van der Waals surface area contributed by atoms with E-state index in [4.69, 9.17) is 11.2 Å². The van der Waals surface area contributed by atoms with E-state index < -0.39 is 0 Å². The molecule has 0 radical (unpaired) electrons. The molecule has 0 aliphatic heterocycles. The van der Waals surface area contributed by atoms with Gasteiger partial charge in [-0.25, -0.2) is 4.68 Å². The highest BCUT2D eigenvalue weighted by Gasteiger charge is 2.08. The summed E-state index contributed by atoms with van der Waals surface area (Å²) in [6.45, 7) is 0. The van der Waals surface area contributed by atoms with Gasteiger partial charge in [0.1, 0.15) is 5.75 Å². The van der Waals surface area contributed by atoms with E-state index in [0.29, 0.717) is 0 Å². The van der Waals surface area contributed by atoms with Crippen molar-refractivity contribution in [2.45, 2.75) is 0 Å². The highest BCUT2D eigenvalue weighted by molar-refractivity contribution is 5.85. The summed E-state index contributed by atoms with van der Waals surface area (Å²) < 4.78 is 6.95. The van der Waals surface area contributed by atoms with Crippen LogP contribution in [0, 0.1) is 12.3 Å². The highest BCUT2D eigenvalue weighted by Crippen LogP contribution is 2.21. The molecule has 0 saturated heterocycles. The van der Waals surface area contributed by atoms with E-state index in [0.717, 1.165) is 27.9 Å². The third kappa shape index (κ3) is 1.81. The number of ether oxygens (including phenoxy) is 1. The van der Waals surface area contributed by atoms with E-state index in [9.17, 15) is 0 Å². The van der Waals surface area contributed by atoms with Crippen molar-refractivity contribution < 1.29 is 4.74 Å². The molecule has 92 valence electrons. The van der Waals surface area contributed by atoms with Crippen molar-refractivity contribution in [3.05, 3.63) is 48.4 Å². The number of benzene rings is 1. The molecule has 0 spiro atoms. The van der Waals surface area contributed by atoms with Crippen LogP contribution in [-0.2, 0) is 0 Å². The lowest BCUT2D eigenvalue weighted by atomic mass is 10.2. The average Bonchev–Trinajstić information content (AvgIpc) is 2.91. The Morgan fingerprint density at radius 3 is 2.63 bits per heavy atom. The second kappa shape index (κ2) is 4.46. The van der Waals surface area contributed by atoms with Crippen LogP contribution in [0.3, 0.4) is 0 Å². The van der Waals surface area contributed by atoms with Crippen LogP contribution in [0.1, 0.15) is 5.56 Å². The van der Waals surface area contributed by atoms with Gasteiger partial charge in [0.05, 0.1) is 36.3 Å². The number of fused-ring (bicyclic) bond motifs is 1. The fourth-order valence-corrected chi connectivity index (χ4v) is 1.99. The molecule has 0 aliphatic rings. The van der Waals surface area contributed by atoms with Crippen molar-refractivity contribution in [2.75, 3.05) is 7.11 Å². The zero-order valence-corrected chi connectivity index (χ0v) is 10.4. The third-order valence-electron chi connectivity index (χ3n) is 2.97. The first kappa shape index (κ1) is 11.3. The van der Waals surface area contributed by atoms with Crippen molar-refractivity contribution in [2.24, 2.45) is 0 Å². The molecule has 0 unspecified atom stereocenters. The Labute approximate surface area is 110 Å². The zero-order chi connectivity index (χ0) is 13.2. The van der Waals surface area contributed by atoms with Gasteiger partial charge in [0.2, 0.25) is 0 Å². The molecule has 19 heavy (non-hydrogen) atoms. The minimum atomic E-state index is 0.747. The number of rotatable bonds is 2. The molecule has 1 aromatic carbocycles. The standard InChI is InChI=1S/C15H11N3O/c1-3-11-8-16-10-15-14(11)9-17-18(15)12-4-6-13(19-2)7-5-12/h1,4-10H,2H3. The summed E-state index contributed by atoms with van der Waals surface area (Å²) >= 11 is 0. The highest BCUT2D eigenvalue weighted by atomic mass is 16.5. The molecule has 0 atom stereocenters. The largest absolute Gasteiger partial charge is 0.497 e. The smallest absolute Gasteiger partial charge is 0.119 e. The Bertz CT molecular complexity index is 766. The van der Waals surface area contributed by atoms with Crippen LogP contribution >= 0.6 is 0 Å². The first-order chi connectivity index (χ1) is 9.33. The molecule has 0 N–H and O–H groups in total. The van der Waals surface area contributed by atoms with Crippen molar-refractivity contribution in [1.29, 1.82) is 0 Å². The normalized spacial score (nSPS) is 10.3. The van der Waals surface area contributed by atoms with Gasteiger partial charge in [-0.3, -0.25) is 4.98 Å². The molecular weight excluding hydrogens is 238 g/mol. The summed E-state index contributed by atoms with van der Waals surface area (Å²) in [5.41, 5.74) is 2.57. The van der Waals surface area contributed by atoms with E-state index in [2.05, 4.69) is 16.0 Å². The van der Waals surface area contributed by atoms with E-state index in [1.807, 2.05) is 28.9 Å². The predicted octanol–water partition coefficient (Wildman–Crippen LogP) is 2.41. The van der Waals surface area contributed by atoms with Crippen LogP contribution in [-0.4, -0.2) is 21.9 Å². The van der Waals surface area contributed by atoms with Crippen LogP contribution < -0.4 is 4.74 Å². The van der Waals surface area contributed by atoms with E-state index in [1.165, 1.54) is 0 Å². The lowest BCUT2D eigenvalue weighted by Gasteiger charge is -2.05. The minimum Gasteiger partial charge on any atom is -0.497 e. The molecule has 0 aliphatic carbocycles. The number of hydrogen-bond donors (Lipinski definition) is 0. The van der Waals surface area contributed by atoms with E-state index >= 15 is 0 Å². The predicted molar refractivity (Wildman–Crippen MR) is 73.4 cm³/mol. The molecule has 3 rings (SSSR count). The maximum atomic E-state index is 5.46. The topological polar surface area (TPSA) is 39.9 Å². The first-order valence-electron chi connectivity index (χ1n) is 5.76. The minimum absolute atomic E-state index is 0.747. The van der Waals surface area contributed by atoms with E-state index in [-0.39, 0.29) is 0 Å². The van der Waals surface area contributed by atoms with Gasteiger partial charge in [0.15, 0.2) is 0 Å². The second-order valence-corrected chi connectivity index (χ2v) is 4.02. The lowest BCUT2D eigenvalue weighted by molar-refractivity contribution is 0.414. The van der Waals surface area contributed by atoms with Crippen molar-refractivity contribution in [3.63, 3.8) is 0 Å². The van der Waals surface area contributed by atoms with E-state index in [1.54, 1.807) is 25.7 Å². The second-order valence-electron chi connectivity index (χ2n) is 4.02. The molecule has 0 fully saturated rings. The molecule has 2 heterocycles. The average molecular weight is 249 g/mol. The zero-order valence-electron chi connectivity index (χ0n) is 10.4. The maximum absolute atomic E-state index is 5.46. The molecule has 4 heteroatoms. The van der Waals surface area contributed by atoms with Crippen LogP contribution in [0.2, 0.25) is 0 Å². The van der Waals surface area contributed by atoms with Crippen LogP contribution in [0.15, 0.2) is 42.9 Å². The summed E-state index contributed by atoms with van der Waals surface area (Å²) in [4.78, 5) is 4.15. The van der Waals surface area contributed by atoms with Gasteiger partial charge in [-0.05, 0) is 24.3 Å². The van der Waals surface area contributed by atoms with Gasteiger partial charge in [-0.15, -0.1) is 6.42 Å². The summed E-state index contributed by atoms with van der Waals surface area (Å²) in [6.07, 6.45) is 10.6. The van der Waals surface area contributed by atoms with Gasteiger partial charge in [0, 0.05) is 11.6 Å². The maximum Gasteiger partial charge on any atom is 0.119 e. The fraction of sp³-hybridized carbons (Fsp3) is 0.0667. The Kier molecular flexibility index (Phi) is 2.66. The lowest BCUT2D eigenvalue weighted by Crippen LogP contribution is -1.96. The molecule has 2 aromatic heterocycles. The SMILES string of the molecule is C#Cc1cncc2c1cnn2-c1ccc(OC)cc1. The van der Waals surface area contributed by atoms with Crippen LogP contribution in [0.5, 0.6) is 5.75 Å². The quantitative estimate of drug-likeness (QED) is 0.655. The molecule has 3 aromatic rings. The van der Waals surface area contributed by atoms with Gasteiger partial charge in [-0.2, -0.15) is 5.10 Å². The third-order valence-corrected chi connectivity index (χ3v) is 2.97. The van der Waals surface area contributed by atoms with Gasteiger partial charge < -0.3 is 4.74 Å². The summed E-state index contributed by atoms with van der Waals surface area (Å²) in [5.74, 6) is 3.43. The first-order valence-corrected chi connectivity index (χ1v) is 5.76. The van der Waals surface area contributed by atoms with Crippen molar-refractivity contribution >= 4 is 10.9 Å². The Balaban J connectivity index is 2.17. The molecule has 0 bridgehead atoms. The van der Waals surface area contributed by atoms with Gasteiger partial charge in [0.25, 0.3) is 0 Å². The van der Waals surface area contributed by atoms with Gasteiger partial charge >= 0.3 is 0 Å². The van der Waals surface area contributed by atoms with Crippen LogP contribution in [0.4, 0.5) is 0 Å². The summed E-state index contributed by atoms with van der Waals surface area (Å²) in [5, 5.41) is 5.29. The van der Waals surface area contributed by atoms with Crippen molar-refractivity contribution in [1.82, 2.24) is 14.8 Å². The molecular formula is C15H11N3O. The van der Waals surface area contributed by atoms with Crippen molar-refractivity contribution in [3.8, 4) is 23.8 Å². The summed E-state index contributed by atoms with van der Waals surface area (Å²) in [6, 6.07) is 7.66. The Morgan fingerprint density at radius 1 is 1.16 bits per heavy atom. The van der Waals surface area contributed by atoms with Gasteiger partial charge in [-0.1, -0.05) is 5.92 Å². The number of nitrogens with zero attached hydrogens (tertiary/aromatic N) is 3.